The normalized spacial score (nSPS) is 29.3. The van der Waals surface area contributed by atoms with Crippen LogP contribution in [0.25, 0.3) is 0 Å². The Labute approximate surface area is 139 Å². The lowest BCUT2D eigenvalue weighted by molar-refractivity contribution is -0.137. The van der Waals surface area contributed by atoms with Crippen LogP contribution in [0.3, 0.4) is 0 Å². The van der Waals surface area contributed by atoms with E-state index in [4.69, 9.17) is 4.74 Å². The molecule has 1 saturated carbocycles. The van der Waals surface area contributed by atoms with Crippen LogP contribution < -0.4 is 5.32 Å². The predicted octanol–water partition coefficient (Wildman–Crippen LogP) is 2.10. The highest BCUT2D eigenvalue weighted by Gasteiger charge is 2.36. The van der Waals surface area contributed by atoms with Gasteiger partial charge in [0.15, 0.2) is 0 Å². The average Bonchev–Trinajstić information content (AvgIpc) is 3.28. The lowest BCUT2D eigenvalue weighted by Gasteiger charge is -2.33. The number of nitrogens with one attached hydrogen (secondary N) is 1. The molecule has 3 fully saturated rings. The summed E-state index contributed by atoms with van der Waals surface area (Å²) < 4.78 is 5.64. The lowest BCUT2D eigenvalue weighted by Crippen LogP contribution is -2.47. The molecule has 0 aromatic heterocycles. The van der Waals surface area contributed by atoms with Crippen LogP contribution in [-0.2, 0) is 14.3 Å². The topological polar surface area (TPSA) is 58.6 Å². The molecular formula is C18H30N2O3. The summed E-state index contributed by atoms with van der Waals surface area (Å²) in [5.41, 5.74) is 0. The highest BCUT2D eigenvalue weighted by Crippen LogP contribution is 2.32. The van der Waals surface area contributed by atoms with Crippen molar-refractivity contribution in [1.29, 1.82) is 0 Å². The largest absolute Gasteiger partial charge is 0.378 e. The molecule has 0 spiro atoms. The summed E-state index contributed by atoms with van der Waals surface area (Å²) >= 11 is 0. The van der Waals surface area contributed by atoms with E-state index < -0.39 is 0 Å². The van der Waals surface area contributed by atoms with E-state index in [2.05, 4.69) is 12.2 Å². The van der Waals surface area contributed by atoms with E-state index in [1.165, 1.54) is 6.42 Å². The number of carbonyl (C=O) groups is 2. The van der Waals surface area contributed by atoms with E-state index in [0.717, 1.165) is 58.1 Å². The minimum Gasteiger partial charge on any atom is -0.378 e. The smallest absolute Gasteiger partial charge is 0.225 e. The van der Waals surface area contributed by atoms with Gasteiger partial charge in [0.2, 0.25) is 11.8 Å². The van der Waals surface area contributed by atoms with E-state index in [-0.39, 0.29) is 29.7 Å². The Morgan fingerprint density at radius 1 is 1.17 bits per heavy atom. The molecule has 1 aliphatic carbocycles. The third kappa shape index (κ3) is 4.69. The molecule has 0 unspecified atom stereocenters. The molecule has 3 aliphatic rings. The van der Waals surface area contributed by atoms with Gasteiger partial charge in [0.25, 0.3) is 0 Å². The molecule has 5 nitrogen and oxygen atoms in total. The maximum atomic E-state index is 12.5. The minimum atomic E-state index is -0.0309. The molecule has 1 N–H and O–H groups in total. The summed E-state index contributed by atoms with van der Waals surface area (Å²) in [6.07, 6.45) is 8.61. The number of likely N-dealkylation sites (tertiary alicyclic amines) is 1. The first-order valence-electron chi connectivity index (χ1n) is 9.34. The Bertz CT molecular complexity index is 430. The molecule has 0 aromatic rings. The van der Waals surface area contributed by atoms with Crippen molar-refractivity contribution >= 4 is 11.8 Å². The first-order chi connectivity index (χ1) is 11.1. The highest BCUT2D eigenvalue weighted by molar-refractivity contribution is 5.83. The number of hydrogen-bond donors (Lipinski definition) is 1. The number of rotatable bonds is 6. The van der Waals surface area contributed by atoms with Crippen molar-refractivity contribution in [2.75, 3.05) is 19.7 Å². The van der Waals surface area contributed by atoms with Gasteiger partial charge in [-0.15, -0.1) is 0 Å². The van der Waals surface area contributed by atoms with E-state index in [0.29, 0.717) is 12.6 Å². The van der Waals surface area contributed by atoms with Gasteiger partial charge < -0.3 is 15.0 Å². The van der Waals surface area contributed by atoms with Crippen LogP contribution in [0, 0.1) is 11.8 Å². The number of hydrogen-bond acceptors (Lipinski definition) is 3. The number of piperidine rings is 1. The van der Waals surface area contributed by atoms with Crippen molar-refractivity contribution in [2.45, 2.75) is 70.4 Å². The molecule has 3 rings (SSSR count). The van der Waals surface area contributed by atoms with Gasteiger partial charge >= 0.3 is 0 Å². The van der Waals surface area contributed by atoms with Gasteiger partial charge in [-0.25, -0.2) is 0 Å². The molecule has 0 aromatic carbocycles. The van der Waals surface area contributed by atoms with Crippen molar-refractivity contribution in [3.8, 4) is 0 Å². The third-order valence-corrected chi connectivity index (χ3v) is 5.36. The van der Waals surface area contributed by atoms with Gasteiger partial charge in [0.1, 0.15) is 0 Å². The summed E-state index contributed by atoms with van der Waals surface area (Å²) in [5.74, 6) is 0.617. The third-order valence-electron chi connectivity index (χ3n) is 5.36. The Morgan fingerprint density at radius 2 is 2.00 bits per heavy atom. The maximum Gasteiger partial charge on any atom is 0.225 e. The number of nitrogens with zero attached hydrogens (tertiary/aromatic N) is 1. The van der Waals surface area contributed by atoms with Crippen LogP contribution in [0.5, 0.6) is 0 Å². The molecule has 2 saturated heterocycles. The molecule has 2 aliphatic heterocycles. The van der Waals surface area contributed by atoms with E-state index >= 15 is 0 Å². The van der Waals surface area contributed by atoms with Crippen molar-refractivity contribution in [3.05, 3.63) is 0 Å². The van der Waals surface area contributed by atoms with E-state index in [1.807, 2.05) is 4.90 Å². The highest BCUT2D eigenvalue weighted by atomic mass is 16.5. The Kier molecular flexibility index (Phi) is 5.57. The zero-order chi connectivity index (χ0) is 16.2. The molecule has 2 amide bonds. The fraction of sp³-hybridized carbons (Fsp3) is 0.889. The maximum absolute atomic E-state index is 12.5. The lowest BCUT2D eigenvalue weighted by atomic mass is 9.96. The second kappa shape index (κ2) is 7.65. The second-order valence-electron chi connectivity index (χ2n) is 7.52. The summed E-state index contributed by atoms with van der Waals surface area (Å²) in [6.45, 7) is 4.40. The van der Waals surface area contributed by atoms with Crippen molar-refractivity contribution in [3.63, 3.8) is 0 Å². The first kappa shape index (κ1) is 16.7. The molecule has 5 heteroatoms. The van der Waals surface area contributed by atoms with Crippen molar-refractivity contribution < 1.29 is 14.3 Å². The van der Waals surface area contributed by atoms with Gasteiger partial charge in [-0.3, -0.25) is 9.59 Å². The minimum absolute atomic E-state index is 0.0309. The van der Waals surface area contributed by atoms with Crippen LogP contribution in [0.2, 0.25) is 0 Å². The molecule has 130 valence electrons. The number of amides is 2. The molecule has 0 bridgehead atoms. The fourth-order valence-corrected chi connectivity index (χ4v) is 3.72. The summed E-state index contributed by atoms with van der Waals surface area (Å²) in [5, 5.41) is 3.15. The summed E-state index contributed by atoms with van der Waals surface area (Å²) in [6, 6.07) is 0.182. The molecule has 0 radical (unpaired) electrons. The van der Waals surface area contributed by atoms with Gasteiger partial charge in [-0.2, -0.15) is 0 Å². The van der Waals surface area contributed by atoms with Crippen molar-refractivity contribution in [2.24, 2.45) is 11.8 Å². The zero-order valence-electron chi connectivity index (χ0n) is 14.3. The van der Waals surface area contributed by atoms with Crippen LogP contribution in [0.1, 0.15) is 58.3 Å². The molecule has 3 atom stereocenters. The number of ether oxygens (including phenoxy) is 1. The Balaban J connectivity index is 1.40. The summed E-state index contributed by atoms with van der Waals surface area (Å²) in [7, 11) is 0. The Morgan fingerprint density at radius 3 is 2.70 bits per heavy atom. The second-order valence-corrected chi connectivity index (χ2v) is 7.52. The van der Waals surface area contributed by atoms with Crippen LogP contribution in [0.15, 0.2) is 0 Å². The quantitative estimate of drug-likeness (QED) is 0.815. The van der Waals surface area contributed by atoms with Crippen molar-refractivity contribution in [1.82, 2.24) is 10.2 Å². The van der Waals surface area contributed by atoms with Gasteiger partial charge in [-0.1, -0.05) is 0 Å². The zero-order valence-corrected chi connectivity index (χ0v) is 14.3. The number of carbonyl (C=O) groups excluding carboxylic acids is 2. The fourth-order valence-electron chi connectivity index (χ4n) is 3.72. The Hall–Kier alpha value is -1.10. The molecule has 23 heavy (non-hydrogen) atoms. The predicted molar refractivity (Wildman–Crippen MR) is 87.8 cm³/mol. The van der Waals surface area contributed by atoms with Crippen LogP contribution in [-0.4, -0.2) is 48.6 Å². The van der Waals surface area contributed by atoms with Gasteiger partial charge in [-0.05, 0) is 58.3 Å². The first-order valence-corrected chi connectivity index (χ1v) is 9.34. The SMILES string of the molecule is C[C@H](CC[C@@H]1CCCO1)NC(=O)[C@H]1CCCN(C(=O)C2CC2)C1. The van der Waals surface area contributed by atoms with Crippen LogP contribution in [0.4, 0.5) is 0 Å². The standard InChI is InChI=1S/C18H30N2O3/c1-13(6-9-16-5-3-11-23-16)19-17(21)15-4-2-10-20(12-15)18(22)14-7-8-14/h13-16H,2-12H2,1H3,(H,19,21)/t13-,15+,16+/m1/s1. The molecular weight excluding hydrogens is 292 g/mol. The van der Waals surface area contributed by atoms with E-state index in [9.17, 15) is 9.59 Å². The van der Waals surface area contributed by atoms with E-state index in [1.54, 1.807) is 0 Å². The van der Waals surface area contributed by atoms with Gasteiger partial charge in [0.05, 0.1) is 12.0 Å². The molecule has 2 heterocycles. The summed E-state index contributed by atoms with van der Waals surface area (Å²) in [4.78, 5) is 26.6. The monoisotopic (exact) mass is 322 g/mol. The van der Waals surface area contributed by atoms with Gasteiger partial charge in [0, 0.05) is 31.7 Å². The average molecular weight is 322 g/mol. The van der Waals surface area contributed by atoms with Crippen LogP contribution >= 0.6 is 0 Å².